The standard InChI is InChI=1S/C14H22FNO2S/c1-13(2,3)10-14(4,5)16-19(17,18)12-9-7-6-8-11(12)15/h6-9,16H,10H2,1-5H3. The number of hydrogen-bond acceptors (Lipinski definition) is 2. The summed E-state index contributed by atoms with van der Waals surface area (Å²) < 4.78 is 40.6. The van der Waals surface area contributed by atoms with Crippen molar-refractivity contribution in [1.29, 1.82) is 0 Å². The van der Waals surface area contributed by atoms with Crippen LogP contribution >= 0.6 is 0 Å². The molecule has 108 valence electrons. The maximum atomic E-state index is 13.6. The number of nitrogens with one attached hydrogen (secondary N) is 1. The monoisotopic (exact) mass is 287 g/mol. The fourth-order valence-electron chi connectivity index (χ4n) is 2.44. The average molecular weight is 287 g/mol. The van der Waals surface area contributed by atoms with Gasteiger partial charge in [-0.3, -0.25) is 0 Å². The first-order chi connectivity index (χ1) is 8.43. The van der Waals surface area contributed by atoms with Crippen LogP contribution in [0.5, 0.6) is 0 Å². The first-order valence-corrected chi connectivity index (χ1v) is 7.70. The molecule has 0 unspecified atom stereocenters. The van der Waals surface area contributed by atoms with E-state index in [0.717, 1.165) is 6.07 Å². The smallest absolute Gasteiger partial charge is 0.207 e. The normalized spacial score (nSPS) is 13.6. The summed E-state index contributed by atoms with van der Waals surface area (Å²) in [4.78, 5) is -0.308. The minimum Gasteiger partial charge on any atom is -0.207 e. The van der Waals surface area contributed by atoms with E-state index < -0.39 is 21.4 Å². The molecule has 0 bridgehead atoms. The van der Waals surface area contributed by atoms with Crippen LogP contribution in [0.3, 0.4) is 0 Å². The lowest BCUT2D eigenvalue weighted by Gasteiger charge is -2.33. The molecule has 0 spiro atoms. The van der Waals surface area contributed by atoms with Crippen molar-refractivity contribution in [1.82, 2.24) is 4.72 Å². The van der Waals surface area contributed by atoms with Gasteiger partial charge in [0, 0.05) is 5.54 Å². The third-order valence-corrected chi connectivity index (χ3v) is 4.24. The van der Waals surface area contributed by atoms with Gasteiger partial charge in [-0.1, -0.05) is 32.9 Å². The molecule has 0 heterocycles. The van der Waals surface area contributed by atoms with E-state index in [0.29, 0.717) is 6.42 Å². The number of benzene rings is 1. The Hall–Kier alpha value is -0.940. The number of sulfonamides is 1. The van der Waals surface area contributed by atoms with Crippen LogP contribution in [0.4, 0.5) is 4.39 Å². The van der Waals surface area contributed by atoms with E-state index >= 15 is 0 Å². The molecule has 0 aliphatic rings. The summed E-state index contributed by atoms with van der Waals surface area (Å²) in [6.07, 6.45) is 0.647. The Morgan fingerprint density at radius 3 is 2.11 bits per heavy atom. The largest absolute Gasteiger partial charge is 0.243 e. The van der Waals surface area contributed by atoms with E-state index in [-0.39, 0.29) is 10.3 Å². The maximum Gasteiger partial charge on any atom is 0.243 e. The summed E-state index contributed by atoms with van der Waals surface area (Å²) in [5, 5.41) is 0. The van der Waals surface area contributed by atoms with E-state index in [9.17, 15) is 12.8 Å². The highest BCUT2D eigenvalue weighted by atomic mass is 32.2. The molecule has 3 nitrogen and oxygen atoms in total. The maximum absolute atomic E-state index is 13.6. The molecule has 0 saturated carbocycles. The molecule has 0 radical (unpaired) electrons. The summed E-state index contributed by atoms with van der Waals surface area (Å²) in [6, 6.07) is 5.39. The minimum atomic E-state index is -3.85. The zero-order valence-corrected chi connectivity index (χ0v) is 12.9. The minimum absolute atomic E-state index is 0.0265. The van der Waals surface area contributed by atoms with Crippen LogP contribution in [-0.2, 0) is 10.0 Å². The van der Waals surface area contributed by atoms with Crippen LogP contribution in [0, 0.1) is 11.2 Å². The third-order valence-electron chi connectivity index (χ3n) is 2.51. The Balaban J connectivity index is 3.01. The molecule has 1 aromatic rings. The molecule has 0 atom stereocenters. The van der Waals surface area contributed by atoms with E-state index in [1.54, 1.807) is 13.8 Å². The molecule has 1 N–H and O–H groups in total. The van der Waals surface area contributed by atoms with Crippen LogP contribution < -0.4 is 4.72 Å². The quantitative estimate of drug-likeness (QED) is 0.923. The topological polar surface area (TPSA) is 46.2 Å². The lowest BCUT2D eigenvalue weighted by Crippen LogP contribution is -2.45. The first kappa shape index (κ1) is 16.1. The van der Waals surface area contributed by atoms with Crippen molar-refractivity contribution in [2.24, 2.45) is 5.41 Å². The summed E-state index contributed by atoms with van der Waals surface area (Å²) in [6.45, 7) is 9.71. The molecule has 0 aliphatic heterocycles. The Kier molecular flexibility index (Phi) is 4.42. The van der Waals surface area contributed by atoms with Gasteiger partial charge in [0.25, 0.3) is 0 Å². The van der Waals surface area contributed by atoms with Crippen molar-refractivity contribution < 1.29 is 12.8 Å². The fraction of sp³-hybridized carbons (Fsp3) is 0.571. The van der Waals surface area contributed by atoms with Gasteiger partial charge in [0.05, 0.1) is 0 Å². The second-order valence-electron chi connectivity index (χ2n) is 6.66. The van der Waals surface area contributed by atoms with E-state index in [1.807, 2.05) is 20.8 Å². The van der Waals surface area contributed by atoms with E-state index in [1.165, 1.54) is 18.2 Å². The zero-order valence-electron chi connectivity index (χ0n) is 12.1. The summed E-state index contributed by atoms with van der Waals surface area (Å²) in [7, 11) is -3.85. The van der Waals surface area contributed by atoms with Gasteiger partial charge in [-0.2, -0.15) is 0 Å². The van der Waals surface area contributed by atoms with Crippen molar-refractivity contribution in [3.05, 3.63) is 30.1 Å². The number of hydrogen-bond donors (Lipinski definition) is 1. The fourth-order valence-corrected chi connectivity index (χ4v) is 3.94. The Morgan fingerprint density at radius 2 is 1.63 bits per heavy atom. The highest BCUT2D eigenvalue weighted by Crippen LogP contribution is 2.28. The number of rotatable bonds is 4. The van der Waals surface area contributed by atoms with Gasteiger partial charge < -0.3 is 0 Å². The second-order valence-corrected chi connectivity index (χ2v) is 8.31. The predicted octanol–water partition coefficient (Wildman–Crippen LogP) is 3.32. The Labute approximate surface area is 115 Å². The number of halogens is 1. The molecule has 5 heteroatoms. The van der Waals surface area contributed by atoms with Crippen molar-refractivity contribution in [3.63, 3.8) is 0 Å². The SMILES string of the molecule is CC(C)(C)CC(C)(C)NS(=O)(=O)c1ccccc1F. The van der Waals surface area contributed by atoms with Gasteiger partial charge in [0.1, 0.15) is 10.7 Å². The van der Waals surface area contributed by atoms with Crippen LogP contribution in [0.1, 0.15) is 41.0 Å². The van der Waals surface area contributed by atoms with Crippen LogP contribution in [0.25, 0.3) is 0 Å². The van der Waals surface area contributed by atoms with Crippen molar-refractivity contribution in [2.45, 2.75) is 51.5 Å². The molecular weight excluding hydrogens is 265 g/mol. The van der Waals surface area contributed by atoms with Crippen LogP contribution in [-0.4, -0.2) is 14.0 Å². The van der Waals surface area contributed by atoms with Gasteiger partial charge in [0.2, 0.25) is 10.0 Å². The van der Waals surface area contributed by atoms with Gasteiger partial charge in [-0.15, -0.1) is 0 Å². The summed E-state index contributed by atoms with van der Waals surface area (Å²) in [5.41, 5.74) is -0.666. The lowest BCUT2D eigenvalue weighted by molar-refractivity contribution is 0.269. The lowest BCUT2D eigenvalue weighted by atomic mass is 9.82. The third kappa shape index (κ3) is 4.91. The molecule has 0 aromatic heterocycles. The molecule has 0 saturated heterocycles. The average Bonchev–Trinajstić information content (AvgIpc) is 2.11. The molecule has 1 aromatic carbocycles. The molecule has 19 heavy (non-hydrogen) atoms. The Bertz CT molecular complexity index is 545. The van der Waals surface area contributed by atoms with Crippen LogP contribution in [0.2, 0.25) is 0 Å². The summed E-state index contributed by atoms with van der Waals surface area (Å²) in [5.74, 6) is -0.735. The van der Waals surface area contributed by atoms with Crippen molar-refractivity contribution >= 4 is 10.0 Å². The molecule has 0 amide bonds. The van der Waals surface area contributed by atoms with Gasteiger partial charge >= 0.3 is 0 Å². The molecule has 0 fully saturated rings. The zero-order chi connectivity index (χ0) is 14.9. The molecule has 0 aliphatic carbocycles. The highest BCUT2D eigenvalue weighted by Gasteiger charge is 2.31. The predicted molar refractivity (Wildman–Crippen MR) is 74.9 cm³/mol. The van der Waals surface area contributed by atoms with E-state index in [4.69, 9.17) is 0 Å². The van der Waals surface area contributed by atoms with Crippen molar-refractivity contribution in [2.75, 3.05) is 0 Å². The second kappa shape index (κ2) is 5.21. The van der Waals surface area contributed by atoms with E-state index in [2.05, 4.69) is 4.72 Å². The van der Waals surface area contributed by atoms with Gasteiger partial charge in [-0.05, 0) is 37.8 Å². The van der Waals surface area contributed by atoms with Crippen LogP contribution in [0.15, 0.2) is 29.2 Å². The molecule has 1 rings (SSSR count). The Morgan fingerprint density at radius 1 is 1.11 bits per heavy atom. The highest BCUT2D eigenvalue weighted by molar-refractivity contribution is 7.89. The first-order valence-electron chi connectivity index (χ1n) is 6.22. The van der Waals surface area contributed by atoms with Gasteiger partial charge in [-0.25, -0.2) is 17.5 Å². The summed E-state index contributed by atoms with van der Waals surface area (Å²) >= 11 is 0. The van der Waals surface area contributed by atoms with Gasteiger partial charge in [0.15, 0.2) is 0 Å². The molecular formula is C14H22FNO2S. The van der Waals surface area contributed by atoms with Crippen molar-refractivity contribution in [3.8, 4) is 0 Å².